The summed E-state index contributed by atoms with van der Waals surface area (Å²) in [5.41, 5.74) is 1.71. The second kappa shape index (κ2) is 13.0. The highest BCUT2D eigenvalue weighted by molar-refractivity contribution is 6.17. The lowest BCUT2D eigenvalue weighted by Gasteiger charge is -2.12. The van der Waals surface area contributed by atoms with Crippen LogP contribution in [-0.4, -0.2) is 67.5 Å². The first kappa shape index (κ1) is 30.4. The fourth-order valence-corrected chi connectivity index (χ4v) is 4.44. The number of nitrogens with zero attached hydrogens (tertiary/aromatic N) is 2. The van der Waals surface area contributed by atoms with Gasteiger partial charge in [0.2, 0.25) is 5.78 Å². The van der Waals surface area contributed by atoms with Gasteiger partial charge in [0.25, 0.3) is 0 Å². The van der Waals surface area contributed by atoms with Crippen LogP contribution in [0.4, 0.5) is 9.59 Å². The Hall–Kier alpha value is -4.51. The summed E-state index contributed by atoms with van der Waals surface area (Å²) in [5, 5.41) is 0.872. The van der Waals surface area contributed by atoms with E-state index in [1.165, 1.54) is 12.1 Å². The first-order valence-corrected chi connectivity index (χ1v) is 13.7. The molecule has 0 N–H and O–H groups in total. The van der Waals surface area contributed by atoms with E-state index in [0.717, 1.165) is 36.0 Å². The number of fused-ring (bicyclic) bond motifs is 2. The minimum atomic E-state index is -1.02. The second-order valence-electron chi connectivity index (χ2n) is 10.6. The Labute approximate surface area is 244 Å². The number of methoxy groups -OCH3 is 1. The van der Waals surface area contributed by atoms with E-state index in [1.807, 2.05) is 38.5 Å². The lowest BCUT2D eigenvalue weighted by Crippen LogP contribution is -2.17. The maximum Gasteiger partial charge on any atom is 0.514 e. The third-order valence-electron chi connectivity index (χ3n) is 6.18. The number of ether oxygens (including phenoxy) is 6. The van der Waals surface area contributed by atoms with Crippen LogP contribution in [0, 0.1) is 0 Å². The normalized spacial score (nSPS) is 13.6. The van der Waals surface area contributed by atoms with Gasteiger partial charge in [-0.1, -0.05) is 0 Å². The van der Waals surface area contributed by atoms with Crippen LogP contribution in [0.3, 0.4) is 0 Å². The molecule has 224 valence electrons. The average molecular weight is 581 g/mol. The Morgan fingerprint density at radius 3 is 2.31 bits per heavy atom. The Balaban J connectivity index is 1.73. The summed E-state index contributed by atoms with van der Waals surface area (Å²) < 4.78 is 34.3. The molecule has 0 bridgehead atoms. The Morgan fingerprint density at radius 1 is 0.976 bits per heavy atom. The van der Waals surface area contributed by atoms with Gasteiger partial charge in [-0.05, 0) is 79.0 Å². The molecule has 11 nitrogen and oxygen atoms in total. The smallest absolute Gasteiger partial charge is 0.497 e. The molecule has 11 heteroatoms. The number of allylic oxidation sites excluding steroid dienone is 1. The third kappa shape index (κ3) is 7.22. The highest BCUT2D eigenvalue weighted by Gasteiger charge is 2.34. The summed E-state index contributed by atoms with van der Waals surface area (Å²) in [6, 6.07) is 8.38. The van der Waals surface area contributed by atoms with Crippen molar-refractivity contribution in [3.05, 3.63) is 53.4 Å². The van der Waals surface area contributed by atoms with Crippen LogP contribution in [0.25, 0.3) is 17.0 Å². The van der Waals surface area contributed by atoms with E-state index in [4.69, 9.17) is 28.4 Å². The predicted molar refractivity (Wildman–Crippen MR) is 156 cm³/mol. The van der Waals surface area contributed by atoms with Gasteiger partial charge in [0, 0.05) is 41.3 Å². The third-order valence-corrected chi connectivity index (χ3v) is 6.18. The fourth-order valence-electron chi connectivity index (χ4n) is 4.44. The van der Waals surface area contributed by atoms with E-state index in [9.17, 15) is 14.4 Å². The van der Waals surface area contributed by atoms with Gasteiger partial charge in [-0.2, -0.15) is 0 Å². The SMILES string of the molecule is COc1ccc2c(c1)c(/C=C1\Oc3cc(OC(=O)OC(C)C)cc(OC(=O)OC(C)C)c3C1=O)cn2CCCN(C)C. The molecule has 42 heavy (non-hydrogen) atoms. The van der Waals surface area contributed by atoms with Crippen molar-refractivity contribution in [2.24, 2.45) is 0 Å². The summed E-state index contributed by atoms with van der Waals surface area (Å²) in [7, 11) is 5.65. The van der Waals surface area contributed by atoms with Crippen LogP contribution in [-0.2, 0) is 16.0 Å². The molecule has 0 atom stereocenters. The predicted octanol–water partition coefficient (Wildman–Crippen LogP) is 6.07. The highest BCUT2D eigenvalue weighted by Crippen LogP contribution is 2.42. The van der Waals surface area contributed by atoms with Crippen molar-refractivity contribution in [2.45, 2.75) is 52.9 Å². The van der Waals surface area contributed by atoms with Crippen molar-refractivity contribution in [2.75, 3.05) is 27.7 Å². The lowest BCUT2D eigenvalue weighted by atomic mass is 10.1. The molecule has 0 aliphatic carbocycles. The summed E-state index contributed by atoms with van der Waals surface area (Å²) in [4.78, 5) is 40.3. The molecule has 0 saturated carbocycles. The second-order valence-corrected chi connectivity index (χ2v) is 10.6. The highest BCUT2D eigenvalue weighted by atomic mass is 16.7. The molecule has 0 spiro atoms. The number of hydrogen-bond donors (Lipinski definition) is 0. The molecule has 1 aliphatic heterocycles. The molecule has 1 aliphatic rings. The van der Waals surface area contributed by atoms with Crippen molar-refractivity contribution in [3.8, 4) is 23.0 Å². The zero-order valence-electron chi connectivity index (χ0n) is 24.9. The molecular weight excluding hydrogens is 544 g/mol. The Morgan fingerprint density at radius 2 is 1.67 bits per heavy atom. The molecule has 1 aromatic heterocycles. The zero-order valence-corrected chi connectivity index (χ0v) is 24.9. The molecule has 0 fully saturated rings. The average Bonchev–Trinajstić information content (AvgIpc) is 3.39. The van der Waals surface area contributed by atoms with Crippen molar-refractivity contribution < 1.29 is 42.8 Å². The van der Waals surface area contributed by atoms with Crippen molar-refractivity contribution in [1.29, 1.82) is 0 Å². The van der Waals surface area contributed by atoms with Gasteiger partial charge in [-0.3, -0.25) is 4.79 Å². The minimum Gasteiger partial charge on any atom is -0.497 e. The van der Waals surface area contributed by atoms with Crippen LogP contribution >= 0.6 is 0 Å². The van der Waals surface area contributed by atoms with Crippen molar-refractivity contribution >= 4 is 35.1 Å². The standard InChI is InChI=1S/C31H36N2O9/c1-18(2)38-30(35)40-22-15-25-28(26(16-22)42-31(36)39-19(3)4)29(34)27(41-25)13-20-17-33(12-8-11-32(5)6)24-10-9-21(37-7)14-23(20)24/h9-10,13-19H,8,11-12H2,1-7H3/b27-13-. The van der Waals surface area contributed by atoms with Gasteiger partial charge >= 0.3 is 12.3 Å². The Kier molecular flexibility index (Phi) is 9.41. The number of benzene rings is 2. The number of aryl methyl sites for hydroxylation is 1. The van der Waals surface area contributed by atoms with Crippen LogP contribution in [0.15, 0.2) is 42.3 Å². The first-order chi connectivity index (χ1) is 19.9. The molecule has 0 radical (unpaired) electrons. The molecule has 4 rings (SSSR count). The maximum atomic E-state index is 13.6. The quantitative estimate of drug-likeness (QED) is 0.159. The topological polar surface area (TPSA) is 115 Å². The van der Waals surface area contributed by atoms with Gasteiger partial charge in [0.1, 0.15) is 22.8 Å². The molecule has 0 saturated heterocycles. The number of ketones is 1. The number of rotatable bonds is 10. The van der Waals surface area contributed by atoms with E-state index in [-0.39, 0.29) is 28.6 Å². The largest absolute Gasteiger partial charge is 0.514 e. The zero-order chi connectivity index (χ0) is 30.6. The fraction of sp³-hybridized carbons (Fsp3) is 0.387. The molecular formula is C31H36N2O9. The summed E-state index contributed by atoms with van der Waals surface area (Å²) in [5.74, 6) is 0.00854. The van der Waals surface area contributed by atoms with Crippen LogP contribution in [0.2, 0.25) is 0 Å². The summed E-state index contributed by atoms with van der Waals surface area (Å²) in [6.07, 6.45) is 1.66. The summed E-state index contributed by atoms with van der Waals surface area (Å²) >= 11 is 0. The molecule has 0 amide bonds. The first-order valence-electron chi connectivity index (χ1n) is 13.7. The Bertz CT molecular complexity index is 1520. The van der Waals surface area contributed by atoms with Gasteiger partial charge < -0.3 is 37.9 Å². The number of carbonyl (C=O) groups is 3. The molecule has 2 heterocycles. The van der Waals surface area contributed by atoms with E-state index >= 15 is 0 Å². The van der Waals surface area contributed by atoms with E-state index in [2.05, 4.69) is 9.47 Å². The van der Waals surface area contributed by atoms with Gasteiger partial charge in [-0.25, -0.2) is 9.59 Å². The summed E-state index contributed by atoms with van der Waals surface area (Å²) in [6.45, 7) is 8.35. The van der Waals surface area contributed by atoms with Crippen molar-refractivity contribution in [1.82, 2.24) is 9.47 Å². The van der Waals surface area contributed by atoms with E-state index in [1.54, 1.807) is 40.9 Å². The van der Waals surface area contributed by atoms with Crippen LogP contribution in [0.1, 0.15) is 50.0 Å². The van der Waals surface area contributed by atoms with E-state index < -0.39 is 30.3 Å². The molecule has 2 aromatic carbocycles. The van der Waals surface area contributed by atoms with Gasteiger partial charge in [-0.15, -0.1) is 0 Å². The lowest BCUT2D eigenvalue weighted by molar-refractivity contribution is 0.0719. The van der Waals surface area contributed by atoms with Gasteiger partial charge in [0.15, 0.2) is 11.5 Å². The number of hydrogen-bond acceptors (Lipinski definition) is 10. The van der Waals surface area contributed by atoms with Crippen LogP contribution in [0.5, 0.6) is 23.0 Å². The molecule has 0 unspecified atom stereocenters. The number of aromatic nitrogens is 1. The van der Waals surface area contributed by atoms with Gasteiger partial charge in [0.05, 0.1) is 19.3 Å². The van der Waals surface area contributed by atoms with E-state index in [0.29, 0.717) is 5.75 Å². The van der Waals surface area contributed by atoms with Crippen molar-refractivity contribution in [3.63, 3.8) is 0 Å². The minimum absolute atomic E-state index is 0.00108. The number of Topliss-reactive ketones (excluding diaryl/α,β-unsaturated/α-hetero) is 1. The monoisotopic (exact) mass is 580 g/mol. The van der Waals surface area contributed by atoms with Crippen LogP contribution < -0.4 is 18.9 Å². The number of carbonyl (C=O) groups excluding carboxylic acids is 3. The molecule has 3 aromatic rings. The maximum absolute atomic E-state index is 13.6.